The fourth-order valence-corrected chi connectivity index (χ4v) is 3.36. The second kappa shape index (κ2) is 7.83. The lowest BCUT2D eigenvalue weighted by Gasteiger charge is -2.20. The van der Waals surface area contributed by atoms with Crippen molar-refractivity contribution in [3.05, 3.63) is 96.8 Å². The van der Waals surface area contributed by atoms with Crippen molar-refractivity contribution in [2.24, 2.45) is 0 Å². The first-order chi connectivity index (χ1) is 13.6. The smallest absolute Gasteiger partial charge is 0.0651 e. The molecule has 1 unspecified atom stereocenters. The molecule has 28 heavy (non-hydrogen) atoms. The van der Waals surface area contributed by atoms with Crippen molar-refractivity contribution < 1.29 is 0 Å². The van der Waals surface area contributed by atoms with E-state index in [0.29, 0.717) is 6.04 Å². The Balaban J connectivity index is 1.57. The van der Waals surface area contributed by atoms with Crippen LogP contribution in [-0.2, 0) is 0 Å². The van der Waals surface area contributed by atoms with Crippen molar-refractivity contribution >= 4 is 0 Å². The minimum Gasteiger partial charge on any atom is -0.303 e. The van der Waals surface area contributed by atoms with Crippen LogP contribution in [0.1, 0.15) is 18.5 Å². The first-order valence-corrected chi connectivity index (χ1v) is 9.59. The lowest BCUT2D eigenvalue weighted by Crippen LogP contribution is -2.16. The van der Waals surface area contributed by atoms with Gasteiger partial charge < -0.3 is 4.90 Å². The van der Waals surface area contributed by atoms with E-state index in [1.54, 1.807) is 6.20 Å². The molecule has 3 heteroatoms. The van der Waals surface area contributed by atoms with Crippen LogP contribution in [0.15, 0.2) is 91.3 Å². The quantitative estimate of drug-likeness (QED) is 0.442. The van der Waals surface area contributed by atoms with Crippen LogP contribution < -0.4 is 0 Å². The summed E-state index contributed by atoms with van der Waals surface area (Å²) in [6, 6.07) is 28.4. The molecule has 0 N–H and O–H groups in total. The van der Waals surface area contributed by atoms with Crippen LogP contribution >= 0.6 is 0 Å². The zero-order valence-corrected chi connectivity index (χ0v) is 16.6. The normalized spacial score (nSPS) is 12.3. The predicted molar refractivity (Wildman–Crippen MR) is 117 cm³/mol. The van der Waals surface area contributed by atoms with Gasteiger partial charge in [0, 0.05) is 18.4 Å². The molecule has 3 nitrogen and oxygen atoms in total. The zero-order valence-electron chi connectivity index (χ0n) is 16.6. The average molecular weight is 367 g/mol. The molecule has 4 aromatic rings. The Morgan fingerprint density at radius 1 is 0.750 bits per heavy atom. The minimum atomic E-state index is 0.415. The molecule has 4 rings (SSSR count). The first kappa shape index (κ1) is 18.2. The van der Waals surface area contributed by atoms with Crippen molar-refractivity contribution in [2.75, 3.05) is 14.1 Å². The second-order valence-electron chi connectivity index (χ2n) is 7.34. The SMILES string of the molecule is CC(c1ccc(-c2ccc(-c3cccc(-n4cccn4)c3)cc2)cc1)N(C)C. The maximum atomic E-state index is 4.32. The van der Waals surface area contributed by atoms with Gasteiger partial charge in [-0.15, -0.1) is 0 Å². The molecule has 0 aliphatic heterocycles. The molecule has 0 aliphatic rings. The zero-order chi connectivity index (χ0) is 19.5. The van der Waals surface area contributed by atoms with E-state index in [1.807, 2.05) is 16.9 Å². The number of rotatable bonds is 5. The minimum absolute atomic E-state index is 0.415. The van der Waals surface area contributed by atoms with Crippen LogP contribution in [0.5, 0.6) is 0 Å². The van der Waals surface area contributed by atoms with Gasteiger partial charge in [0.25, 0.3) is 0 Å². The fourth-order valence-electron chi connectivity index (χ4n) is 3.36. The second-order valence-corrected chi connectivity index (χ2v) is 7.34. The molecule has 0 saturated heterocycles. The highest BCUT2D eigenvalue weighted by Crippen LogP contribution is 2.27. The van der Waals surface area contributed by atoms with E-state index in [2.05, 4.69) is 104 Å². The summed E-state index contributed by atoms with van der Waals surface area (Å²) in [4.78, 5) is 2.22. The Hall–Kier alpha value is -3.17. The van der Waals surface area contributed by atoms with E-state index in [0.717, 1.165) is 5.69 Å². The number of benzene rings is 3. The highest BCUT2D eigenvalue weighted by atomic mass is 15.3. The van der Waals surface area contributed by atoms with Crippen LogP contribution in [0.25, 0.3) is 27.9 Å². The van der Waals surface area contributed by atoms with Crippen molar-refractivity contribution in [3.8, 4) is 27.9 Å². The predicted octanol–water partition coefficient (Wildman–Crippen LogP) is 5.83. The number of nitrogens with zero attached hydrogens (tertiary/aromatic N) is 3. The van der Waals surface area contributed by atoms with Crippen LogP contribution in [0, 0.1) is 0 Å². The molecule has 1 heterocycles. The van der Waals surface area contributed by atoms with Gasteiger partial charge in [0.2, 0.25) is 0 Å². The summed E-state index contributed by atoms with van der Waals surface area (Å²) in [6.07, 6.45) is 3.76. The van der Waals surface area contributed by atoms with Crippen molar-refractivity contribution in [2.45, 2.75) is 13.0 Å². The van der Waals surface area contributed by atoms with Gasteiger partial charge in [-0.25, -0.2) is 4.68 Å². The Bertz CT molecular complexity index is 1030. The lowest BCUT2D eigenvalue weighted by molar-refractivity contribution is 0.321. The molecule has 0 saturated carbocycles. The summed E-state index contributed by atoms with van der Waals surface area (Å²) >= 11 is 0. The Morgan fingerprint density at radius 3 is 1.93 bits per heavy atom. The van der Waals surface area contributed by atoms with Gasteiger partial charge in [-0.3, -0.25) is 0 Å². The summed E-state index contributed by atoms with van der Waals surface area (Å²) in [7, 11) is 4.22. The van der Waals surface area contributed by atoms with Gasteiger partial charge in [0.1, 0.15) is 0 Å². The maximum Gasteiger partial charge on any atom is 0.0651 e. The van der Waals surface area contributed by atoms with E-state index in [4.69, 9.17) is 0 Å². The Labute approximate surface area is 166 Å². The third kappa shape index (κ3) is 3.75. The van der Waals surface area contributed by atoms with Gasteiger partial charge >= 0.3 is 0 Å². The maximum absolute atomic E-state index is 4.32. The van der Waals surface area contributed by atoms with Crippen LogP contribution in [0.4, 0.5) is 0 Å². The van der Waals surface area contributed by atoms with Gasteiger partial charge in [0.15, 0.2) is 0 Å². The standard InChI is InChI=1S/C25H25N3/c1-19(27(2)3)20-8-10-21(11-9-20)22-12-14-23(15-13-22)24-6-4-7-25(18-24)28-17-5-16-26-28/h4-19H,1-3H3. The molecule has 0 radical (unpaired) electrons. The average Bonchev–Trinajstić information content (AvgIpc) is 3.28. The molecule has 3 aromatic carbocycles. The Morgan fingerprint density at radius 2 is 1.36 bits per heavy atom. The molecule has 140 valence electrons. The third-order valence-corrected chi connectivity index (χ3v) is 5.33. The topological polar surface area (TPSA) is 21.1 Å². The lowest BCUT2D eigenvalue weighted by atomic mass is 9.98. The molecule has 0 spiro atoms. The van der Waals surface area contributed by atoms with Crippen LogP contribution in [0.3, 0.4) is 0 Å². The van der Waals surface area contributed by atoms with Crippen molar-refractivity contribution in [3.63, 3.8) is 0 Å². The Kier molecular flexibility index (Phi) is 5.09. The van der Waals surface area contributed by atoms with E-state index < -0.39 is 0 Å². The van der Waals surface area contributed by atoms with Gasteiger partial charge in [-0.2, -0.15) is 5.10 Å². The largest absolute Gasteiger partial charge is 0.303 e. The summed E-state index contributed by atoms with van der Waals surface area (Å²) in [6.45, 7) is 2.22. The number of hydrogen-bond acceptors (Lipinski definition) is 2. The highest BCUT2D eigenvalue weighted by molar-refractivity contribution is 5.71. The monoisotopic (exact) mass is 367 g/mol. The van der Waals surface area contributed by atoms with Crippen molar-refractivity contribution in [1.82, 2.24) is 14.7 Å². The molecule has 0 fully saturated rings. The third-order valence-electron chi connectivity index (χ3n) is 5.33. The van der Waals surface area contributed by atoms with Crippen LogP contribution in [-0.4, -0.2) is 28.8 Å². The molecular weight excluding hydrogens is 342 g/mol. The van der Waals surface area contributed by atoms with Gasteiger partial charge in [0.05, 0.1) is 5.69 Å². The summed E-state index contributed by atoms with van der Waals surface area (Å²) in [5, 5.41) is 4.32. The first-order valence-electron chi connectivity index (χ1n) is 9.59. The summed E-state index contributed by atoms with van der Waals surface area (Å²) in [5.74, 6) is 0. The molecule has 0 amide bonds. The van der Waals surface area contributed by atoms with E-state index >= 15 is 0 Å². The summed E-state index contributed by atoms with van der Waals surface area (Å²) < 4.78 is 1.88. The van der Waals surface area contributed by atoms with Gasteiger partial charge in [-0.1, -0.05) is 60.7 Å². The highest BCUT2D eigenvalue weighted by Gasteiger charge is 2.08. The van der Waals surface area contributed by atoms with E-state index in [9.17, 15) is 0 Å². The van der Waals surface area contributed by atoms with E-state index in [1.165, 1.54) is 27.8 Å². The number of hydrogen-bond donors (Lipinski definition) is 0. The van der Waals surface area contributed by atoms with E-state index in [-0.39, 0.29) is 0 Å². The molecular formula is C25H25N3. The molecule has 1 atom stereocenters. The summed E-state index contributed by atoms with van der Waals surface area (Å²) in [5.41, 5.74) is 7.27. The van der Waals surface area contributed by atoms with Crippen molar-refractivity contribution in [1.29, 1.82) is 0 Å². The molecule has 0 bridgehead atoms. The van der Waals surface area contributed by atoms with Crippen LogP contribution in [0.2, 0.25) is 0 Å². The molecule has 1 aromatic heterocycles. The molecule has 0 aliphatic carbocycles. The fraction of sp³-hybridized carbons (Fsp3) is 0.160. The van der Waals surface area contributed by atoms with Gasteiger partial charge in [-0.05, 0) is 67.0 Å². The number of aromatic nitrogens is 2.